The van der Waals surface area contributed by atoms with E-state index in [1.807, 2.05) is 16.7 Å². The van der Waals surface area contributed by atoms with Crippen LogP contribution in [0.25, 0.3) is 0 Å². The van der Waals surface area contributed by atoms with E-state index in [1.54, 1.807) is 0 Å². The van der Waals surface area contributed by atoms with E-state index in [9.17, 15) is 9.59 Å². The van der Waals surface area contributed by atoms with Crippen LogP contribution in [0.4, 0.5) is 0 Å². The minimum Gasteiger partial charge on any atom is -0.329 e. The summed E-state index contributed by atoms with van der Waals surface area (Å²) in [7, 11) is 0. The maximum absolute atomic E-state index is 12.6. The Kier molecular flexibility index (Phi) is 5.05. The van der Waals surface area contributed by atoms with Crippen LogP contribution in [0.5, 0.6) is 0 Å². The summed E-state index contributed by atoms with van der Waals surface area (Å²) < 4.78 is 0. The summed E-state index contributed by atoms with van der Waals surface area (Å²) >= 11 is 0. The lowest BCUT2D eigenvalue weighted by molar-refractivity contribution is -0.164. The van der Waals surface area contributed by atoms with Gasteiger partial charge in [-0.1, -0.05) is 6.92 Å². The standard InChI is InChI=1S/C16H24N2O2/c1-3-5-6-8-11-17-13(4-2)15(19)18-12-9-7-10-14(18)16(17)20/h1,13-14H,4-12H2,2H3. The molecule has 0 aromatic rings. The van der Waals surface area contributed by atoms with Crippen molar-refractivity contribution in [2.24, 2.45) is 0 Å². The predicted molar refractivity (Wildman–Crippen MR) is 77.8 cm³/mol. The minimum atomic E-state index is -0.261. The number of fused-ring (bicyclic) bond motifs is 1. The summed E-state index contributed by atoms with van der Waals surface area (Å²) in [4.78, 5) is 28.8. The van der Waals surface area contributed by atoms with Crippen molar-refractivity contribution < 1.29 is 9.59 Å². The molecule has 0 aromatic heterocycles. The molecule has 4 nitrogen and oxygen atoms in total. The zero-order valence-corrected chi connectivity index (χ0v) is 12.3. The van der Waals surface area contributed by atoms with Gasteiger partial charge in [-0.2, -0.15) is 0 Å². The van der Waals surface area contributed by atoms with E-state index in [2.05, 4.69) is 5.92 Å². The number of hydrogen-bond donors (Lipinski definition) is 0. The molecule has 2 rings (SSSR count). The van der Waals surface area contributed by atoms with Crippen molar-refractivity contribution >= 4 is 11.8 Å². The summed E-state index contributed by atoms with van der Waals surface area (Å²) in [5, 5.41) is 0. The van der Waals surface area contributed by atoms with Gasteiger partial charge in [-0.15, -0.1) is 12.3 Å². The van der Waals surface area contributed by atoms with Crippen LogP contribution in [-0.4, -0.2) is 46.8 Å². The molecule has 2 atom stereocenters. The Morgan fingerprint density at radius 3 is 2.75 bits per heavy atom. The molecule has 0 N–H and O–H groups in total. The Hall–Kier alpha value is -1.50. The van der Waals surface area contributed by atoms with E-state index in [0.29, 0.717) is 13.0 Å². The lowest BCUT2D eigenvalue weighted by Gasteiger charge is -2.47. The first kappa shape index (κ1) is 14.9. The second-order valence-electron chi connectivity index (χ2n) is 5.66. The number of piperazine rings is 1. The van der Waals surface area contributed by atoms with E-state index in [-0.39, 0.29) is 23.9 Å². The first-order valence-electron chi connectivity index (χ1n) is 7.75. The average molecular weight is 276 g/mol. The Morgan fingerprint density at radius 1 is 1.25 bits per heavy atom. The van der Waals surface area contributed by atoms with E-state index < -0.39 is 0 Å². The van der Waals surface area contributed by atoms with Crippen LogP contribution in [0.1, 0.15) is 51.9 Å². The molecule has 2 heterocycles. The molecule has 2 saturated heterocycles. The Labute approximate surface area is 121 Å². The fraction of sp³-hybridized carbons (Fsp3) is 0.750. The number of piperidine rings is 1. The normalized spacial score (nSPS) is 26.4. The third-order valence-corrected chi connectivity index (χ3v) is 4.37. The molecule has 20 heavy (non-hydrogen) atoms. The van der Waals surface area contributed by atoms with Gasteiger partial charge in [0.15, 0.2) is 0 Å². The van der Waals surface area contributed by atoms with Gasteiger partial charge in [-0.05, 0) is 38.5 Å². The van der Waals surface area contributed by atoms with E-state index >= 15 is 0 Å². The highest BCUT2D eigenvalue weighted by Gasteiger charge is 2.45. The second-order valence-corrected chi connectivity index (χ2v) is 5.66. The molecular weight excluding hydrogens is 252 g/mol. The van der Waals surface area contributed by atoms with E-state index in [4.69, 9.17) is 6.42 Å². The first-order chi connectivity index (χ1) is 9.70. The van der Waals surface area contributed by atoms with Crippen LogP contribution in [0.15, 0.2) is 0 Å². The van der Waals surface area contributed by atoms with Crippen LogP contribution < -0.4 is 0 Å². The SMILES string of the molecule is C#CCCCCN1C(=O)C2CCCCN2C(=O)C1CC. The molecule has 0 saturated carbocycles. The number of unbranched alkanes of at least 4 members (excludes halogenated alkanes) is 2. The molecule has 0 radical (unpaired) electrons. The van der Waals surface area contributed by atoms with Gasteiger partial charge in [0.2, 0.25) is 11.8 Å². The maximum Gasteiger partial charge on any atom is 0.246 e. The Bertz CT molecular complexity index is 413. The first-order valence-corrected chi connectivity index (χ1v) is 7.75. The van der Waals surface area contributed by atoms with Crippen molar-refractivity contribution in [2.45, 2.75) is 64.0 Å². The molecule has 2 fully saturated rings. The number of rotatable bonds is 5. The molecule has 4 heteroatoms. The lowest BCUT2D eigenvalue weighted by Crippen LogP contribution is -2.65. The molecule has 110 valence electrons. The predicted octanol–water partition coefficient (Wildman–Crippen LogP) is 1.79. The molecule has 2 aliphatic heterocycles. The van der Waals surface area contributed by atoms with Crippen molar-refractivity contribution in [3.63, 3.8) is 0 Å². The van der Waals surface area contributed by atoms with Gasteiger partial charge in [-0.3, -0.25) is 9.59 Å². The average Bonchev–Trinajstić information content (AvgIpc) is 2.48. The summed E-state index contributed by atoms with van der Waals surface area (Å²) in [6.45, 7) is 3.39. The van der Waals surface area contributed by atoms with Gasteiger partial charge < -0.3 is 9.80 Å². The minimum absolute atomic E-state index is 0.147. The second kappa shape index (κ2) is 6.78. The van der Waals surface area contributed by atoms with Crippen LogP contribution in [0, 0.1) is 12.3 Å². The summed E-state index contributed by atoms with van der Waals surface area (Å²) in [5.74, 6) is 2.91. The number of nitrogens with zero attached hydrogens (tertiary/aromatic N) is 2. The smallest absolute Gasteiger partial charge is 0.246 e. The van der Waals surface area contributed by atoms with Crippen LogP contribution in [0.3, 0.4) is 0 Å². The Morgan fingerprint density at radius 2 is 2.05 bits per heavy atom. The van der Waals surface area contributed by atoms with Gasteiger partial charge in [0.25, 0.3) is 0 Å². The number of carbonyl (C=O) groups is 2. The van der Waals surface area contributed by atoms with E-state index in [1.165, 1.54) is 0 Å². The van der Waals surface area contributed by atoms with E-state index in [0.717, 1.165) is 45.1 Å². The zero-order valence-electron chi connectivity index (χ0n) is 12.3. The largest absolute Gasteiger partial charge is 0.329 e. The number of hydrogen-bond acceptors (Lipinski definition) is 2. The van der Waals surface area contributed by atoms with Gasteiger partial charge in [-0.25, -0.2) is 0 Å². The molecule has 0 bridgehead atoms. The van der Waals surface area contributed by atoms with Crippen molar-refractivity contribution in [3.05, 3.63) is 0 Å². The topological polar surface area (TPSA) is 40.6 Å². The Balaban J connectivity index is 2.06. The number of carbonyl (C=O) groups excluding carboxylic acids is 2. The molecule has 0 aliphatic carbocycles. The fourth-order valence-electron chi connectivity index (χ4n) is 3.29. The highest BCUT2D eigenvalue weighted by molar-refractivity contribution is 5.97. The number of terminal acetylenes is 1. The van der Waals surface area contributed by atoms with Gasteiger partial charge in [0.1, 0.15) is 12.1 Å². The van der Waals surface area contributed by atoms with Crippen molar-refractivity contribution in [1.82, 2.24) is 9.80 Å². The van der Waals surface area contributed by atoms with Crippen LogP contribution in [0.2, 0.25) is 0 Å². The summed E-state index contributed by atoms with van der Waals surface area (Å²) in [6, 6.07) is -0.464. The summed E-state index contributed by atoms with van der Waals surface area (Å²) in [5.41, 5.74) is 0. The molecule has 0 aromatic carbocycles. The molecule has 0 spiro atoms. The molecule has 2 unspecified atom stereocenters. The van der Waals surface area contributed by atoms with Crippen molar-refractivity contribution in [1.29, 1.82) is 0 Å². The highest BCUT2D eigenvalue weighted by Crippen LogP contribution is 2.27. The lowest BCUT2D eigenvalue weighted by atomic mass is 9.94. The zero-order chi connectivity index (χ0) is 14.5. The fourth-order valence-corrected chi connectivity index (χ4v) is 3.29. The van der Waals surface area contributed by atoms with Crippen LogP contribution in [-0.2, 0) is 9.59 Å². The van der Waals surface area contributed by atoms with Gasteiger partial charge >= 0.3 is 0 Å². The highest BCUT2D eigenvalue weighted by atomic mass is 16.2. The maximum atomic E-state index is 12.6. The molecular formula is C16H24N2O2. The van der Waals surface area contributed by atoms with Crippen LogP contribution >= 0.6 is 0 Å². The van der Waals surface area contributed by atoms with Gasteiger partial charge in [0, 0.05) is 19.5 Å². The van der Waals surface area contributed by atoms with Crippen molar-refractivity contribution in [2.75, 3.05) is 13.1 Å². The molecule has 2 amide bonds. The molecule has 2 aliphatic rings. The van der Waals surface area contributed by atoms with Gasteiger partial charge in [0.05, 0.1) is 0 Å². The third-order valence-electron chi connectivity index (χ3n) is 4.37. The quantitative estimate of drug-likeness (QED) is 0.567. The third kappa shape index (κ3) is 2.82. The monoisotopic (exact) mass is 276 g/mol. The summed E-state index contributed by atoms with van der Waals surface area (Å²) in [6.07, 6.45) is 11.4. The van der Waals surface area contributed by atoms with Crippen molar-refractivity contribution in [3.8, 4) is 12.3 Å². The number of amides is 2.